The molecule has 0 aliphatic carbocycles. The topological polar surface area (TPSA) is 117 Å². The van der Waals surface area contributed by atoms with Crippen LogP contribution in [0.2, 0.25) is 0 Å². The first kappa shape index (κ1) is 20.1. The van der Waals surface area contributed by atoms with Gasteiger partial charge in [-0.1, -0.05) is 11.3 Å². The molecule has 2 aliphatic rings. The second-order valence-electron chi connectivity index (χ2n) is 7.13. The van der Waals surface area contributed by atoms with Crippen molar-refractivity contribution in [3.05, 3.63) is 45.7 Å². The van der Waals surface area contributed by atoms with Gasteiger partial charge in [0.2, 0.25) is 6.41 Å². The molecule has 4 rings (SSSR count). The fourth-order valence-electron chi connectivity index (χ4n) is 3.66. The highest BCUT2D eigenvalue weighted by atomic mass is 32.1. The third kappa shape index (κ3) is 3.80. The van der Waals surface area contributed by atoms with E-state index in [1.165, 1.54) is 45.4 Å². The summed E-state index contributed by atoms with van der Waals surface area (Å²) < 4.78 is 13.1. The van der Waals surface area contributed by atoms with E-state index in [1.54, 1.807) is 4.90 Å². The van der Waals surface area contributed by atoms with E-state index in [0.717, 1.165) is 19.3 Å². The van der Waals surface area contributed by atoms with Gasteiger partial charge in [-0.15, -0.1) is 10.2 Å². The highest BCUT2D eigenvalue weighted by Gasteiger charge is 2.32. The van der Waals surface area contributed by atoms with Gasteiger partial charge < -0.3 is 14.7 Å². The summed E-state index contributed by atoms with van der Waals surface area (Å²) in [5.74, 6) is -0.524. The van der Waals surface area contributed by atoms with Gasteiger partial charge in [0.25, 0.3) is 5.91 Å². The van der Waals surface area contributed by atoms with E-state index in [2.05, 4.69) is 10.2 Å². The van der Waals surface area contributed by atoms with E-state index in [1.807, 2.05) is 0 Å². The fraction of sp³-hybridized carbons (Fsp3) is 0.368. The minimum absolute atomic E-state index is 0.0474. The summed E-state index contributed by atoms with van der Waals surface area (Å²) in [7, 11) is 0. The second kappa shape index (κ2) is 8.27. The van der Waals surface area contributed by atoms with Crippen LogP contribution >= 0.6 is 11.3 Å². The van der Waals surface area contributed by atoms with Crippen molar-refractivity contribution in [2.45, 2.75) is 18.9 Å². The number of amidine groups is 2. The number of piperazine rings is 1. The molecule has 30 heavy (non-hydrogen) atoms. The smallest absolute Gasteiger partial charge is 0.254 e. The Labute approximate surface area is 176 Å². The highest BCUT2D eigenvalue weighted by molar-refractivity contribution is 7.13. The number of likely N-dealkylation sites (tertiary alicyclic amines) is 1. The predicted molar refractivity (Wildman–Crippen MR) is 108 cm³/mol. The molecule has 2 saturated heterocycles. The minimum atomic E-state index is -0.414. The summed E-state index contributed by atoms with van der Waals surface area (Å²) in [5, 5.41) is 26.1. The molecule has 11 heteroatoms. The van der Waals surface area contributed by atoms with Crippen molar-refractivity contribution < 1.29 is 14.0 Å². The van der Waals surface area contributed by atoms with Crippen LogP contribution in [0.15, 0.2) is 24.3 Å². The molecule has 2 N–H and O–H groups in total. The van der Waals surface area contributed by atoms with Gasteiger partial charge in [-0.05, 0) is 37.1 Å². The van der Waals surface area contributed by atoms with Gasteiger partial charge in [0.05, 0.1) is 12.6 Å². The maximum Gasteiger partial charge on any atom is 0.254 e. The van der Waals surface area contributed by atoms with E-state index in [0.29, 0.717) is 28.7 Å². The van der Waals surface area contributed by atoms with Crippen LogP contribution < -0.4 is 0 Å². The quantitative estimate of drug-likeness (QED) is 0.436. The molecule has 1 atom stereocenters. The Morgan fingerprint density at radius 1 is 1.20 bits per heavy atom. The Kier molecular flexibility index (Phi) is 5.53. The molecule has 3 heterocycles. The normalized spacial score (nSPS) is 19.3. The zero-order valence-corrected chi connectivity index (χ0v) is 16.9. The van der Waals surface area contributed by atoms with Crippen LogP contribution in [0.25, 0.3) is 0 Å². The maximum atomic E-state index is 13.1. The molecule has 2 aliphatic heterocycles. The molecule has 0 saturated carbocycles. The first-order chi connectivity index (χ1) is 14.5. The van der Waals surface area contributed by atoms with Crippen molar-refractivity contribution in [3.63, 3.8) is 0 Å². The summed E-state index contributed by atoms with van der Waals surface area (Å²) in [4.78, 5) is 28.5. The molecule has 1 aromatic heterocycles. The number of amides is 2. The van der Waals surface area contributed by atoms with E-state index >= 15 is 0 Å². The molecular weight excluding hydrogens is 409 g/mol. The van der Waals surface area contributed by atoms with Crippen molar-refractivity contribution in [1.29, 1.82) is 10.8 Å². The SMILES string of the molecule is N=C1CN(C(=O)c2ccc(F)cc2)CCN1C(=N)c1nnc(C2CCCN2C=O)s1. The molecular formula is C19H20FN7O2S. The number of nitrogens with one attached hydrogen (secondary N) is 2. The highest BCUT2D eigenvalue weighted by Crippen LogP contribution is 2.32. The number of hydrogen-bond donors (Lipinski definition) is 2. The molecule has 1 unspecified atom stereocenters. The molecule has 156 valence electrons. The second-order valence-corrected chi connectivity index (χ2v) is 8.14. The number of benzene rings is 1. The van der Waals surface area contributed by atoms with Gasteiger partial charge in [0.15, 0.2) is 10.8 Å². The number of hydrogen-bond acceptors (Lipinski definition) is 7. The Morgan fingerprint density at radius 2 is 1.97 bits per heavy atom. The number of aromatic nitrogens is 2. The summed E-state index contributed by atoms with van der Waals surface area (Å²) in [5.41, 5.74) is 0.359. The Balaban J connectivity index is 1.42. The van der Waals surface area contributed by atoms with E-state index in [4.69, 9.17) is 10.8 Å². The van der Waals surface area contributed by atoms with Crippen molar-refractivity contribution in [2.24, 2.45) is 0 Å². The predicted octanol–water partition coefficient (Wildman–Crippen LogP) is 1.73. The largest absolute Gasteiger partial charge is 0.336 e. The van der Waals surface area contributed by atoms with Crippen LogP contribution in [0.3, 0.4) is 0 Å². The molecule has 0 radical (unpaired) electrons. The average molecular weight is 429 g/mol. The zero-order valence-electron chi connectivity index (χ0n) is 16.0. The Morgan fingerprint density at radius 3 is 2.67 bits per heavy atom. The molecule has 0 spiro atoms. The first-order valence-electron chi connectivity index (χ1n) is 9.51. The monoisotopic (exact) mass is 429 g/mol. The Hall–Kier alpha value is -3.21. The van der Waals surface area contributed by atoms with Crippen LogP contribution in [0.4, 0.5) is 4.39 Å². The van der Waals surface area contributed by atoms with Crippen LogP contribution in [-0.4, -0.2) is 75.1 Å². The maximum absolute atomic E-state index is 13.1. The summed E-state index contributed by atoms with van der Waals surface area (Å²) in [6, 6.07) is 5.20. The van der Waals surface area contributed by atoms with Gasteiger partial charge in [-0.25, -0.2) is 4.39 Å². The van der Waals surface area contributed by atoms with Gasteiger partial charge in [0, 0.05) is 25.2 Å². The van der Waals surface area contributed by atoms with Crippen molar-refractivity contribution in [3.8, 4) is 0 Å². The third-order valence-corrected chi connectivity index (χ3v) is 6.30. The molecule has 2 fully saturated rings. The number of rotatable bonds is 4. The Bertz CT molecular complexity index is 993. The lowest BCUT2D eigenvalue weighted by atomic mass is 10.1. The molecule has 9 nitrogen and oxygen atoms in total. The number of nitrogens with zero attached hydrogens (tertiary/aromatic N) is 5. The van der Waals surface area contributed by atoms with E-state index in [-0.39, 0.29) is 36.7 Å². The summed E-state index contributed by atoms with van der Waals surface area (Å²) in [6.45, 7) is 1.35. The summed E-state index contributed by atoms with van der Waals surface area (Å²) in [6.07, 6.45) is 2.54. The van der Waals surface area contributed by atoms with Crippen molar-refractivity contribution in [2.75, 3.05) is 26.2 Å². The van der Waals surface area contributed by atoms with Crippen LogP contribution in [0.5, 0.6) is 0 Å². The van der Waals surface area contributed by atoms with Crippen LogP contribution in [0.1, 0.15) is 39.3 Å². The lowest BCUT2D eigenvalue weighted by Gasteiger charge is -2.35. The van der Waals surface area contributed by atoms with Crippen LogP contribution in [0, 0.1) is 16.6 Å². The molecule has 2 amide bonds. The van der Waals surface area contributed by atoms with Gasteiger partial charge >= 0.3 is 0 Å². The number of carbonyl (C=O) groups is 2. The minimum Gasteiger partial charge on any atom is -0.336 e. The third-order valence-electron chi connectivity index (χ3n) is 5.27. The standard InChI is InChI=1S/C19H20FN7O2S/c20-13-5-3-12(4-6-13)19(29)25-8-9-27(15(21)10-25)16(22)18-24-23-17(30-18)14-2-1-7-26(14)11-28/h3-6,11,14,21-22H,1-2,7-10H2. The van der Waals surface area contributed by atoms with Gasteiger partial charge in [0.1, 0.15) is 16.7 Å². The van der Waals surface area contributed by atoms with Gasteiger partial charge in [-0.3, -0.25) is 20.4 Å². The lowest BCUT2D eigenvalue weighted by molar-refractivity contribution is -0.118. The summed E-state index contributed by atoms with van der Waals surface area (Å²) >= 11 is 1.26. The first-order valence-corrected chi connectivity index (χ1v) is 10.3. The zero-order chi connectivity index (χ0) is 21.3. The van der Waals surface area contributed by atoms with E-state index < -0.39 is 5.82 Å². The molecule has 1 aromatic carbocycles. The number of halogens is 1. The van der Waals surface area contributed by atoms with Gasteiger partial charge in [-0.2, -0.15) is 0 Å². The molecule has 2 aromatic rings. The fourth-order valence-corrected chi connectivity index (χ4v) is 4.61. The van der Waals surface area contributed by atoms with Crippen molar-refractivity contribution >= 4 is 35.3 Å². The average Bonchev–Trinajstić information content (AvgIpc) is 3.42. The molecule has 0 bridgehead atoms. The van der Waals surface area contributed by atoms with Crippen molar-refractivity contribution in [1.82, 2.24) is 24.9 Å². The number of carbonyl (C=O) groups excluding carboxylic acids is 2. The van der Waals surface area contributed by atoms with E-state index in [9.17, 15) is 14.0 Å². The van der Waals surface area contributed by atoms with Crippen LogP contribution in [-0.2, 0) is 4.79 Å². The lowest BCUT2D eigenvalue weighted by Crippen LogP contribution is -2.53.